The molecular weight excluding hydrogens is 348 g/mol. The van der Waals surface area contributed by atoms with Crippen molar-refractivity contribution in [2.45, 2.75) is 6.54 Å². The Labute approximate surface area is 155 Å². The van der Waals surface area contributed by atoms with Gasteiger partial charge in [-0.3, -0.25) is 4.79 Å². The van der Waals surface area contributed by atoms with E-state index in [2.05, 4.69) is 0 Å². The van der Waals surface area contributed by atoms with E-state index < -0.39 is 5.97 Å². The molecule has 0 saturated heterocycles. The Bertz CT molecular complexity index is 1010. The average molecular weight is 364 g/mol. The third kappa shape index (κ3) is 4.86. The normalized spacial score (nSPS) is 10.2. The molecule has 7 heteroatoms. The van der Waals surface area contributed by atoms with Gasteiger partial charge in [0.25, 0.3) is 5.56 Å². The summed E-state index contributed by atoms with van der Waals surface area (Å²) in [6.07, 6.45) is 1.64. The Hall–Kier alpha value is -3.79. The molecule has 0 aliphatic rings. The summed E-state index contributed by atoms with van der Waals surface area (Å²) in [5.41, 5.74) is 0.387. The maximum atomic E-state index is 12.0. The first kappa shape index (κ1) is 18.0. The molecule has 0 spiro atoms. The number of ether oxygens (including phenoxy) is 2. The van der Waals surface area contributed by atoms with E-state index in [9.17, 15) is 9.59 Å². The van der Waals surface area contributed by atoms with E-state index in [0.717, 1.165) is 0 Å². The summed E-state index contributed by atoms with van der Waals surface area (Å²) in [4.78, 5) is 23.7. The fourth-order valence-electron chi connectivity index (χ4n) is 2.32. The maximum Gasteiger partial charge on any atom is 0.374 e. The molecular formula is C20H16N2O5. The lowest BCUT2D eigenvalue weighted by molar-refractivity contribution is 0.0413. The lowest BCUT2D eigenvalue weighted by Crippen LogP contribution is -2.17. The first-order chi connectivity index (χ1) is 13.2. The molecule has 0 fully saturated rings. The smallest absolute Gasteiger partial charge is 0.374 e. The van der Waals surface area contributed by atoms with Crippen LogP contribution in [-0.2, 0) is 11.3 Å². The summed E-state index contributed by atoms with van der Waals surface area (Å²) in [5, 5.41) is 8.74. The predicted octanol–water partition coefficient (Wildman–Crippen LogP) is 2.60. The van der Waals surface area contributed by atoms with Crippen LogP contribution in [0.15, 0.2) is 70.0 Å². The molecule has 0 radical (unpaired) electrons. The van der Waals surface area contributed by atoms with E-state index in [1.807, 2.05) is 6.07 Å². The van der Waals surface area contributed by atoms with Crippen LogP contribution in [0.25, 0.3) is 0 Å². The van der Waals surface area contributed by atoms with Gasteiger partial charge in [-0.15, -0.1) is 0 Å². The van der Waals surface area contributed by atoms with Gasteiger partial charge in [0.05, 0.1) is 18.2 Å². The first-order valence-corrected chi connectivity index (χ1v) is 8.20. The van der Waals surface area contributed by atoms with E-state index in [0.29, 0.717) is 17.1 Å². The molecule has 0 saturated carbocycles. The van der Waals surface area contributed by atoms with Crippen molar-refractivity contribution >= 4 is 5.97 Å². The second-order valence-electron chi connectivity index (χ2n) is 5.55. The molecule has 3 rings (SSSR count). The number of nitriles is 1. The molecule has 0 aliphatic heterocycles. The quantitative estimate of drug-likeness (QED) is 0.472. The van der Waals surface area contributed by atoms with Crippen molar-refractivity contribution in [3.63, 3.8) is 0 Å². The number of carbonyl (C=O) groups is 1. The van der Waals surface area contributed by atoms with Gasteiger partial charge >= 0.3 is 5.97 Å². The van der Waals surface area contributed by atoms with Gasteiger partial charge in [0.15, 0.2) is 0 Å². The molecule has 7 nitrogen and oxygen atoms in total. The highest BCUT2D eigenvalue weighted by Crippen LogP contribution is 2.12. The molecule has 136 valence electrons. The molecule has 2 heterocycles. The molecule has 0 atom stereocenters. The summed E-state index contributed by atoms with van der Waals surface area (Å²) < 4.78 is 17.4. The number of nitrogens with zero attached hydrogens (tertiary/aromatic N) is 2. The molecule has 27 heavy (non-hydrogen) atoms. The van der Waals surface area contributed by atoms with Crippen molar-refractivity contribution in [2.75, 3.05) is 13.2 Å². The number of hydrogen-bond acceptors (Lipinski definition) is 6. The van der Waals surface area contributed by atoms with E-state index in [-0.39, 0.29) is 31.1 Å². The van der Waals surface area contributed by atoms with Crippen molar-refractivity contribution in [3.05, 3.63) is 88.2 Å². The van der Waals surface area contributed by atoms with Crippen LogP contribution >= 0.6 is 0 Å². The highest BCUT2D eigenvalue weighted by molar-refractivity contribution is 5.86. The van der Waals surface area contributed by atoms with Gasteiger partial charge in [0, 0.05) is 12.3 Å². The standard InChI is InChI=1S/C20H16N2O5/c21-13-15-4-6-16(7-5-15)25-11-12-26-20(24)18-9-8-17(27-18)14-22-10-2-1-3-19(22)23/h1-10H,11-12,14H2. The second-order valence-corrected chi connectivity index (χ2v) is 5.55. The zero-order valence-electron chi connectivity index (χ0n) is 14.3. The second kappa shape index (κ2) is 8.54. The Morgan fingerprint density at radius 3 is 2.63 bits per heavy atom. The lowest BCUT2D eigenvalue weighted by Gasteiger charge is -2.06. The van der Waals surface area contributed by atoms with Gasteiger partial charge in [-0.2, -0.15) is 5.26 Å². The summed E-state index contributed by atoms with van der Waals surface area (Å²) in [5.74, 6) is 0.514. The number of esters is 1. The Morgan fingerprint density at radius 1 is 1.07 bits per heavy atom. The van der Waals surface area contributed by atoms with Crippen LogP contribution < -0.4 is 10.3 Å². The largest absolute Gasteiger partial charge is 0.490 e. The Kier molecular flexibility index (Phi) is 5.70. The van der Waals surface area contributed by atoms with Crippen molar-refractivity contribution in [2.24, 2.45) is 0 Å². The lowest BCUT2D eigenvalue weighted by atomic mass is 10.2. The number of rotatable bonds is 7. The summed E-state index contributed by atoms with van der Waals surface area (Å²) >= 11 is 0. The number of carbonyl (C=O) groups excluding carboxylic acids is 1. The molecule has 3 aromatic rings. The van der Waals surface area contributed by atoms with Crippen LogP contribution in [0.4, 0.5) is 0 Å². The molecule has 0 aliphatic carbocycles. The summed E-state index contributed by atoms with van der Waals surface area (Å²) in [6, 6.07) is 16.6. The van der Waals surface area contributed by atoms with Crippen molar-refractivity contribution in [3.8, 4) is 11.8 Å². The van der Waals surface area contributed by atoms with E-state index in [1.165, 1.54) is 16.7 Å². The van der Waals surface area contributed by atoms with Gasteiger partial charge in [-0.25, -0.2) is 4.79 Å². The van der Waals surface area contributed by atoms with Crippen LogP contribution in [-0.4, -0.2) is 23.8 Å². The van der Waals surface area contributed by atoms with Crippen molar-refractivity contribution in [1.29, 1.82) is 5.26 Å². The van der Waals surface area contributed by atoms with Gasteiger partial charge in [0.2, 0.25) is 5.76 Å². The first-order valence-electron chi connectivity index (χ1n) is 8.20. The predicted molar refractivity (Wildman–Crippen MR) is 95.4 cm³/mol. The minimum atomic E-state index is -0.606. The third-order valence-electron chi connectivity index (χ3n) is 3.66. The number of furan rings is 1. The molecule has 2 aromatic heterocycles. The number of pyridine rings is 1. The monoisotopic (exact) mass is 364 g/mol. The highest BCUT2D eigenvalue weighted by Gasteiger charge is 2.13. The fourth-order valence-corrected chi connectivity index (χ4v) is 2.32. The zero-order chi connectivity index (χ0) is 19.1. The van der Waals surface area contributed by atoms with Gasteiger partial charge in [-0.1, -0.05) is 6.07 Å². The maximum absolute atomic E-state index is 12.0. The van der Waals surface area contributed by atoms with E-state index in [1.54, 1.807) is 48.7 Å². The molecule has 0 N–H and O–H groups in total. The summed E-state index contributed by atoms with van der Waals surface area (Å²) in [7, 11) is 0. The van der Waals surface area contributed by atoms with Gasteiger partial charge in [-0.05, 0) is 42.5 Å². The third-order valence-corrected chi connectivity index (χ3v) is 3.66. The number of aromatic nitrogens is 1. The van der Waals surface area contributed by atoms with Crippen molar-refractivity contribution < 1.29 is 18.7 Å². The minimum Gasteiger partial charge on any atom is -0.490 e. The number of benzene rings is 1. The highest BCUT2D eigenvalue weighted by atomic mass is 16.6. The van der Waals surface area contributed by atoms with Crippen molar-refractivity contribution in [1.82, 2.24) is 4.57 Å². The minimum absolute atomic E-state index is 0.0486. The van der Waals surface area contributed by atoms with Gasteiger partial charge in [0.1, 0.15) is 24.7 Å². The molecule has 0 amide bonds. The molecule has 0 unspecified atom stereocenters. The topological polar surface area (TPSA) is 94.5 Å². The van der Waals surface area contributed by atoms with E-state index in [4.69, 9.17) is 19.2 Å². The summed E-state index contributed by atoms with van der Waals surface area (Å²) in [6.45, 7) is 0.451. The average Bonchev–Trinajstić information content (AvgIpc) is 3.16. The van der Waals surface area contributed by atoms with Crippen LogP contribution in [0.1, 0.15) is 21.9 Å². The SMILES string of the molecule is N#Cc1ccc(OCCOC(=O)c2ccc(Cn3ccccc3=O)o2)cc1. The van der Waals surface area contributed by atoms with Crippen LogP contribution in [0.2, 0.25) is 0 Å². The van der Waals surface area contributed by atoms with Gasteiger partial charge < -0.3 is 18.5 Å². The molecule has 0 bridgehead atoms. The molecule has 1 aromatic carbocycles. The van der Waals surface area contributed by atoms with E-state index >= 15 is 0 Å². The zero-order valence-corrected chi connectivity index (χ0v) is 14.3. The van der Waals surface area contributed by atoms with Crippen LogP contribution in [0.5, 0.6) is 5.75 Å². The number of hydrogen-bond donors (Lipinski definition) is 0. The Morgan fingerprint density at radius 2 is 1.89 bits per heavy atom. The fraction of sp³-hybridized carbons (Fsp3) is 0.150. The van der Waals surface area contributed by atoms with Crippen LogP contribution in [0, 0.1) is 11.3 Å². The van der Waals surface area contributed by atoms with Crippen LogP contribution in [0.3, 0.4) is 0 Å². The Balaban J connectivity index is 1.47.